The summed E-state index contributed by atoms with van der Waals surface area (Å²) in [7, 11) is 0. The second-order valence-electron chi connectivity index (χ2n) is 9.50. The molecule has 1 aliphatic rings. The maximum atomic E-state index is 12.9. The summed E-state index contributed by atoms with van der Waals surface area (Å²) in [4.78, 5) is 12.9. The summed E-state index contributed by atoms with van der Waals surface area (Å²) in [6.45, 7) is 11.1. The minimum atomic E-state index is -0.845. The van der Waals surface area contributed by atoms with Gasteiger partial charge in [-0.05, 0) is 76.8 Å². The molecule has 2 aromatic rings. The summed E-state index contributed by atoms with van der Waals surface area (Å²) < 4.78 is 17.4. The lowest BCUT2D eigenvalue weighted by Crippen LogP contribution is -2.44. The Morgan fingerprint density at radius 1 is 1.24 bits per heavy atom. The summed E-state index contributed by atoms with van der Waals surface area (Å²) in [5.74, 6) is 0.649. The van der Waals surface area contributed by atoms with E-state index in [-0.39, 0.29) is 12.6 Å². The lowest BCUT2D eigenvalue weighted by atomic mass is 9.99. The van der Waals surface area contributed by atoms with Crippen LogP contribution in [0.5, 0.6) is 11.5 Å². The smallest absolute Gasteiger partial charge is 0.349 e. The number of carbonyl (C=O) groups excluding carboxylic acids is 1. The Labute approximate surface area is 202 Å². The highest BCUT2D eigenvalue weighted by atomic mass is 16.6. The summed E-state index contributed by atoms with van der Waals surface area (Å²) in [6, 6.07) is 13.8. The molecule has 0 aliphatic carbocycles. The molecule has 0 radical (unpaired) electrons. The third-order valence-corrected chi connectivity index (χ3v) is 5.38. The standard InChI is InChI=1S/C27H35N3O4/c1-6-32-22-9-7-8-10-23(22)33-24(26(31)34-27(3,4)5)17-30-18(2)13-19-14-20-11-12-29-25(20)21(15-19)16-28/h7-10,14-15,18,24,29-30H,6,11-13,17H2,1-5H3. The monoisotopic (exact) mass is 465 g/mol. The van der Waals surface area contributed by atoms with Crippen LogP contribution in [0.1, 0.15) is 51.3 Å². The molecule has 0 saturated carbocycles. The molecule has 2 atom stereocenters. The molecule has 34 heavy (non-hydrogen) atoms. The van der Waals surface area contributed by atoms with Gasteiger partial charge in [-0.1, -0.05) is 18.2 Å². The molecule has 2 unspecified atom stereocenters. The average molecular weight is 466 g/mol. The van der Waals surface area contributed by atoms with Crippen LogP contribution in [0.15, 0.2) is 36.4 Å². The summed E-state index contributed by atoms with van der Waals surface area (Å²) >= 11 is 0. The van der Waals surface area contributed by atoms with E-state index in [1.165, 1.54) is 5.56 Å². The Hall–Kier alpha value is -3.24. The molecule has 0 amide bonds. The lowest BCUT2D eigenvalue weighted by Gasteiger charge is -2.26. The molecule has 1 aliphatic heterocycles. The number of para-hydroxylation sites is 2. The number of fused-ring (bicyclic) bond motifs is 1. The predicted octanol–water partition coefficient (Wildman–Crippen LogP) is 4.23. The first kappa shape index (κ1) is 25.4. The van der Waals surface area contributed by atoms with Gasteiger partial charge in [0.2, 0.25) is 6.10 Å². The van der Waals surface area contributed by atoms with Gasteiger partial charge in [0.05, 0.1) is 17.9 Å². The van der Waals surface area contributed by atoms with Crippen molar-refractivity contribution in [3.8, 4) is 17.6 Å². The van der Waals surface area contributed by atoms with Crippen LogP contribution in [0.3, 0.4) is 0 Å². The number of nitriles is 1. The molecule has 1 heterocycles. The molecule has 182 valence electrons. The highest BCUT2D eigenvalue weighted by molar-refractivity contribution is 5.76. The third-order valence-electron chi connectivity index (χ3n) is 5.38. The van der Waals surface area contributed by atoms with Crippen LogP contribution in [0.25, 0.3) is 0 Å². The predicted molar refractivity (Wildman–Crippen MR) is 132 cm³/mol. The number of anilines is 1. The van der Waals surface area contributed by atoms with Crippen LogP contribution in [0.2, 0.25) is 0 Å². The molecule has 0 bridgehead atoms. The van der Waals surface area contributed by atoms with Crippen molar-refractivity contribution >= 4 is 11.7 Å². The molecular weight excluding hydrogens is 430 g/mol. The molecule has 2 N–H and O–H groups in total. The maximum Gasteiger partial charge on any atom is 0.349 e. The van der Waals surface area contributed by atoms with Crippen LogP contribution in [0.4, 0.5) is 5.69 Å². The molecule has 0 fully saturated rings. The number of hydrogen-bond acceptors (Lipinski definition) is 7. The fourth-order valence-corrected chi connectivity index (χ4v) is 3.95. The minimum absolute atomic E-state index is 0.0506. The van der Waals surface area contributed by atoms with Gasteiger partial charge in [0.15, 0.2) is 11.5 Å². The van der Waals surface area contributed by atoms with Crippen LogP contribution in [-0.2, 0) is 22.4 Å². The zero-order valence-corrected chi connectivity index (χ0v) is 20.7. The normalized spacial score (nSPS) is 14.4. The molecule has 2 aromatic carbocycles. The highest BCUT2D eigenvalue weighted by Crippen LogP contribution is 2.29. The number of ether oxygens (including phenoxy) is 3. The van der Waals surface area contributed by atoms with E-state index in [1.54, 1.807) is 6.07 Å². The van der Waals surface area contributed by atoms with E-state index in [4.69, 9.17) is 14.2 Å². The zero-order valence-electron chi connectivity index (χ0n) is 20.7. The second-order valence-corrected chi connectivity index (χ2v) is 9.50. The van der Waals surface area contributed by atoms with Gasteiger partial charge in [0.25, 0.3) is 0 Å². The van der Waals surface area contributed by atoms with Crippen molar-refractivity contribution < 1.29 is 19.0 Å². The molecular formula is C27H35N3O4. The number of carbonyl (C=O) groups is 1. The van der Waals surface area contributed by atoms with Gasteiger partial charge in [-0.15, -0.1) is 0 Å². The Balaban J connectivity index is 1.70. The van der Waals surface area contributed by atoms with Crippen molar-refractivity contribution in [2.75, 3.05) is 25.0 Å². The lowest BCUT2D eigenvalue weighted by molar-refractivity contribution is -0.163. The van der Waals surface area contributed by atoms with Crippen LogP contribution >= 0.6 is 0 Å². The molecule has 7 heteroatoms. The number of rotatable bonds is 10. The molecule has 3 rings (SSSR count). The average Bonchev–Trinajstić information content (AvgIpc) is 3.24. The maximum absolute atomic E-state index is 12.9. The largest absolute Gasteiger partial charge is 0.490 e. The Bertz CT molecular complexity index is 1040. The molecule has 0 spiro atoms. The molecule has 0 aromatic heterocycles. The van der Waals surface area contributed by atoms with Gasteiger partial charge >= 0.3 is 5.97 Å². The summed E-state index contributed by atoms with van der Waals surface area (Å²) in [5, 5.41) is 16.2. The zero-order chi connectivity index (χ0) is 24.7. The number of benzene rings is 2. The molecule has 0 saturated heterocycles. The van der Waals surface area contributed by atoms with Gasteiger partial charge in [-0.3, -0.25) is 0 Å². The Morgan fingerprint density at radius 2 is 1.97 bits per heavy atom. The fraction of sp³-hybridized carbons (Fsp3) is 0.481. The van der Waals surface area contributed by atoms with Gasteiger partial charge in [0.1, 0.15) is 11.7 Å². The van der Waals surface area contributed by atoms with E-state index in [0.29, 0.717) is 23.7 Å². The van der Waals surface area contributed by atoms with Crippen molar-refractivity contribution in [1.29, 1.82) is 5.26 Å². The van der Waals surface area contributed by atoms with Crippen LogP contribution < -0.4 is 20.1 Å². The number of hydrogen-bond donors (Lipinski definition) is 2. The highest BCUT2D eigenvalue weighted by Gasteiger charge is 2.28. The van der Waals surface area contributed by atoms with E-state index >= 15 is 0 Å². The van der Waals surface area contributed by atoms with E-state index in [0.717, 1.165) is 30.6 Å². The van der Waals surface area contributed by atoms with Crippen LogP contribution in [-0.4, -0.2) is 43.4 Å². The van der Waals surface area contributed by atoms with E-state index in [1.807, 2.05) is 52.0 Å². The minimum Gasteiger partial charge on any atom is -0.490 e. The second kappa shape index (κ2) is 11.3. The number of nitrogens with zero attached hydrogens (tertiary/aromatic N) is 1. The van der Waals surface area contributed by atoms with Crippen molar-refractivity contribution in [1.82, 2.24) is 5.32 Å². The van der Waals surface area contributed by atoms with E-state index in [9.17, 15) is 10.1 Å². The molecule has 7 nitrogen and oxygen atoms in total. The topological polar surface area (TPSA) is 92.6 Å². The first-order chi connectivity index (χ1) is 16.2. The first-order valence-corrected chi connectivity index (χ1v) is 11.8. The number of esters is 1. The van der Waals surface area contributed by atoms with E-state index in [2.05, 4.69) is 29.7 Å². The van der Waals surface area contributed by atoms with Gasteiger partial charge in [-0.25, -0.2) is 4.79 Å². The SMILES string of the molecule is CCOc1ccccc1OC(CNC(C)Cc1cc(C#N)c2c(c1)CCN2)C(=O)OC(C)(C)C. The Morgan fingerprint density at radius 3 is 2.65 bits per heavy atom. The van der Waals surface area contributed by atoms with Gasteiger partial charge in [0, 0.05) is 19.1 Å². The quantitative estimate of drug-likeness (QED) is 0.507. The fourth-order valence-electron chi connectivity index (χ4n) is 3.95. The van der Waals surface area contributed by atoms with Crippen molar-refractivity contribution in [3.05, 3.63) is 53.1 Å². The van der Waals surface area contributed by atoms with Crippen molar-refractivity contribution in [3.63, 3.8) is 0 Å². The van der Waals surface area contributed by atoms with Crippen molar-refractivity contribution in [2.45, 2.75) is 65.2 Å². The van der Waals surface area contributed by atoms with Crippen molar-refractivity contribution in [2.24, 2.45) is 0 Å². The third kappa shape index (κ3) is 6.88. The van der Waals surface area contributed by atoms with Gasteiger partial charge < -0.3 is 24.8 Å². The first-order valence-electron chi connectivity index (χ1n) is 11.8. The van der Waals surface area contributed by atoms with Crippen LogP contribution in [0, 0.1) is 11.3 Å². The number of nitrogens with one attached hydrogen (secondary N) is 2. The van der Waals surface area contributed by atoms with Gasteiger partial charge in [-0.2, -0.15) is 5.26 Å². The Kier molecular flexibility index (Phi) is 8.41. The summed E-state index contributed by atoms with van der Waals surface area (Å²) in [6.07, 6.45) is 0.800. The van der Waals surface area contributed by atoms with E-state index < -0.39 is 17.7 Å². The summed E-state index contributed by atoms with van der Waals surface area (Å²) in [5.41, 5.74) is 3.28.